The third-order valence-corrected chi connectivity index (χ3v) is 0.427. The first-order chi connectivity index (χ1) is 2.41. The van der Waals surface area contributed by atoms with Crippen molar-refractivity contribution in [3.63, 3.8) is 0 Å². The van der Waals surface area contributed by atoms with E-state index in [0.717, 1.165) is 12.8 Å². The van der Waals surface area contributed by atoms with E-state index in [4.69, 9.17) is 0 Å². The van der Waals surface area contributed by atoms with Crippen molar-refractivity contribution < 1.29 is 0 Å². The molecular formula is C5H9. The molecule has 0 atom stereocenters. The Balaban J connectivity index is 2.19. The van der Waals surface area contributed by atoms with Crippen molar-refractivity contribution in [3.05, 3.63) is 13.3 Å². The molecular weight excluding hydrogens is 60.1 g/mol. The summed E-state index contributed by atoms with van der Waals surface area (Å²) in [5, 5.41) is 0. The molecule has 0 aliphatic rings. The summed E-state index contributed by atoms with van der Waals surface area (Å²) in [7, 11) is 0. The quantitative estimate of drug-likeness (QED) is 0.463. The Hall–Kier alpha value is 0. The first kappa shape index (κ1) is 5.00. The SMILES string of the molecule is [CH2]CC[C]C. The van der Waals surface area contributed by atoms with Gasteiger partial charge in [0.25, 0.3) is 0 Å². The van der Waals surface area contributed by atoms with Crippen molar-refractivity contribution in [2.24, 2.45) is 0 Å². The van der Waals surface area contributed by atoms with Gasteiger partial charge in [0.05, 0.1) is 0 Å². The lowest BCUT2D eigenvalue weighted by Gasteiger charge is -1.77. The zero-order valence-corrected chi connectivity index (χ0v) is 3.62. The molecule has 0 amide bonds. The molecule has 5 heavy (non-hydrogen) atoms. The van der Waals surface area contributed by atoms with Gasteiger partial charge in [0, 0.05) is 0 Å². The van der Waals surface area contributed by atoms with Crippen LogP contribution in [0.2, 0.25) is 0 Å². The molecule has 0 bridgehead atoms. The second-order valence-electron chi connectivity index (χ2n) is 0.957. The van der Waals surface area contributed by atoms with E-state index in [1.807, 2.05) is 6.92 Å². The smallest absolute Gasteiger partial charge is 0.0207 e. The molecule has 0 saturated carbocycles. The van der Waals surface area contributed by atoms with Gasteiger partial charge in [-0.3, -0.25) is 0 Å². The predicted octanol–water partition coefficient (Wildman–Crippen LogP) is 1.70. The van der Waals surface area contributed by atoms with Crippen molar-refractivity contribution in [2.45, 2.75) is 19.8 Å². The summed E-state index contributed by atoms with van der Waals surface area (Å²) in [6.07, 6.45) is 4.97. The second kappa shape index (κ2) is 4.00. The summed E-state index contributed by atoms with van der Waals surface area (Å²) in [5.74, 6) is 0. The average molecular weight is 69.1 g/mol. The molecule has 0 fully saturated rings. The zero-order chi connectivity index (χ0) is 4.12. The highest BCUT2D eigenvalue weighted by Crippen LogP contribution is 1.86. The standard InChI is InChI=1S/C5H9/c1-3-5-4-2/h1,3,5H2,2H3. The minimum absolute atomic E-state index is 0.983. The lowest BCUT2D eigenvalue weighted by Crippen LogP contribution is -1.61. The zero-order valence-electron chi connectivity index (χ0n) is 3.62. The van der Waals surface area contributed by atoms with Gasteiger partial charge in [-0.15, -0.1) is 0 Å². The Morgan fingerprint density at radius 3 is 2.40 bits per heavy atom. The van der Waals surface area contributed by atoms with Crippen LogP contribution in [0.5, 0.6) is 0 Å². The molecule has 0 rings (SSSR count). The van der Waals surface area contributed by atoms with E-state index in [0.29, 0.717) is 0 Å². The lowest BCUT2D eigenvalue weighted by molar-refractivity contribution is 0.971. The Bertz CT molecular complexity index is 7.51. The van der Waals surface area contributed by atoms with Gasteiger partial charge in [-0.05, 0) is 12.8 Å². The fourth-order valence-electron chi connectivity index (χ4n) is 0.177. The summed E-state index contributed by atoms with van der Waals surface area (Å²) in [4.78, 5) is 0. The summed E-state index contributed by atoms with van der Waals surface area (Å²) in [6.45, 7) is 5.53. The Morgan fingerprint density at radius 1 is 1.80 bits per heavy atom. The van der Waals surface area contributed by atoms with E-state index in [-0.39, 0.29) is 0 Å². The van der Waals surface area contributed by atoms with Crippen LogP contribution in [0.25, 0.3) is 0 Å². The molecule has 0 heteroatoms. The van der Waals surface area contributed by atoms with Crippen LogP contribution < -0.4 is 0 Å². The van der Waals surface area contributed by atoms with Crippen LogP contribution >= 0.6 is 0 Å². The summed E-state index contributed by atoms with van der Waals surface area (Å²) in [5.41, 5.74) is 0. The van der Waals surface area contributed by atoms with Gasteiger partial charge >= 0.3 is 0 Å². The van der Waals surface area contributed by atoms with Gasteiger partial charge in [-0.25, -0.2) is 0 Å². The van der Waals surface area contributed by atoms with Crippen LogP contribution in [0.1, 0.15) is 19.8 Å². The topological polar surface area (TPSA) is 0 Å². The van der Waals surface area contributed by atoms with Crippen molar-refractivity contribution >= 4 is 0 Å². The van der Waals surface area contributed by atoms with Crippen LogP contribution in [0.4, 0.5) is 0 Å². The van der Waals surface area contributed by atoms with E-state index in [2.05, 4.69) is 13.3 Å². The van der Waals surface area contributed by atoms with Gasteiger partial charge in [0.15, 0.2) is 0 Å². The Kier molecular flexibility index (Phi) is 4.00. The number of unbranched alkanes of at least 4 members (excludes halogenated alkanes) is 2. The van der Waals surface area contributed by atoms with Crippen LogP contribution in [0.3, 0.4) is 0 Å². The van der Waals surface area contributed by atoms with E-state index < -0.39 is 0 Å². The summed E-state index contributed by atoms with van der Waals surface area (Å²) >= 11 is 0. The second-order valence-corrected chi connectivity index (χ2v) is 0.957. The number of hydrogen-bond donors (Lipinski definition) is 0. The van der Waals surface area contributed by atoms with Crippen LogP contribution in [0.15, 0.2) is 0 Å². The van der Waals surface area contributed by atoms with Crippen molar-refractivity contribution in [1.82, 2.24) is 0 Å². The number of rotatable bonds is 2. The molecule has 0 spiro atoms. The fraction of sp³-hybridized carbons (Fsp3) is 0.600. The Morgan fingerprint density at radius 2 is 2.40 bits per heavy atom. The summed E-state index contributed by atoms with van der Waals surface area (Å²) in [6, 6.07) is 0. The molecule has 0 nitrogen and oxygen atoms in total. The molecule has 0 aromatic carbocycles. The van der Waals surface area contributed by atoms with E-state index in [9.17, 15) is 0 Å². The molecule has 29 valence electrons. The van der Waals surface area contributed by atoms with E-state index in [1.54, 1.807) is 0 Å². The van der Waals surface area contributed by atoms with Gasteiger partial charge in [0.2, 0.25) is 0 Å². The third-order valence-electron chi connectivity index (χ3n) is 0.427. The molecule has 0 aliphatic carbocycles. The van der Waals surface area contributed by atoms with Gasteiger partial charge < -0.3 is 0 Å². The van der Waals surface area contributed by atoms with Crippen LogP contribution in [-0.2, 0) is 0 Å². The maximum atomic E-state index is 3.61. The van der Waals surface area contributed by atoms with E-state index >= 15 is 0 Å². The van der Waals surface area contributed by atoms with Crippen molar-refractivity contribution in [1.29, 1.82) is 0 Å². The van der Waals surface area contributed by atoms with Crippen molar-refractivity contribution in [2.75, 3.05) is 0 Å². The number of hydrogen-bond acceptors (Lipinski definition) is 0. The molecule has 0 aromatic heterocycles. The third kappa shape index (κ3) is 4.00. The van der Waals surface area contributed by atoms with Gasteiger partial charge in [-0.2, -0.15) is 0 Å². The van der Waals surface area contributed by atoms with Gasteiger partial charge in [0.1, 0.15) is 0 Å². The Labute approximate surface area is 34.2 Å². The molecule has 0 unspecified atom stereocenters. The minimum Gasteiger partial charge on any atom is -0.0586 e. The summed E-state index contributed by atoms with van der Waals surface area (Å²) < 4.78 is 0. The van der Waals surface area contributed by atoms with Gasteiger partial charge in [-0.1, -0.05) is 20.3 Å². The first-order valence-electron chi connectivity index (χ1n) is 1.85. The van der Waals surface area contributed by atoms with Crippen LogP contribution in [0, 0.1) is 13.3 Å². The monoisotopic (exact) mass is 69.1 g/mol. The fourth-order valence-corrected chi connectivity index (χ4v) is 0.177. The molecule has 0 saturated heterocycles. The highest BCUT2D eigenvalue weighted by atomic mass is 13.7. The lowest BCUT2D eigenvalue weighted by atomic mass is 10.3. The molecule has 0 aliphatic heterocycles. The first-order valence-corrected chi connectivity index (χ1v) is 1.85. The normalized spacial score (nSPS) is 8.40. The highest BCUT2D eigenvalue weighted by Gasteiger charge is 1.69. The maximum absolute atomic E-state index is 3.61. The largest absolute Gasteiger partial charge is 0.0586 e. The van der Waals surface area contributed by atoms with Crippen LogP contribution in [-0.4, -0.2) is 0 Å². The highest BCUT2D eigenvalue weighted by molar-refractivity contribution is 4.54. The predicted molar refractivity (Wildman–Crippen MR) is 23.5 cm³/mol. The minimum atomic E-state index is 0.983. The van der Waals surface area contributed by atoms with E-state index in [1.165, 1.54) is 0 Å². The molecule has 3 radical (unpaired) electrons. The molecule has 0 aromatic rings. The maximum Gasteiger partial charge on any atom is -0.0207 e. The molecule has 0 heterocycles. The average Bonchev–Trinajstić information content (AvgIpc) is 1.41. The van der Waals surface area contributed by atoms with Crippen molar-refractivity contribution in [3.8, 4) is 0 Å². The molecule has 0 N–H and O–H groups in total.